The summed E-state index contributed by atoms with van der Waals surface area (Å²) in [5.41, 5.74) is 4.56. The molecule has 1 saturated heterocycles. The smallest absolute Gasteiger partial charge is 0.00477 e. The van der Waals surface area contributed by atoms with Gasteiger partial charge in [0, 0.05) is 11.3 Å². The summed E-state index contributed by atoms with van der Waals surface area (Å²) in [5.74, 6) is 0. The topological polar surface area (TPSA) is 0 Å². The summed E-state index contributed by atoms with van der Waals surface area (Å²) in [7, 11) is -0.448. The molecular formula is C30H30P2. The van der Waals surface area contributed by atoms with E-state index in [1.54, 1.807) is 11.1 Å². The second kappa shape index (κ2) is 10.6. The molecule has 0 bridgehead atoms. The lowest BCUT2D eigenvalue weighted by atomic mass is 10.0. The molecule has 160 valence electrons. The van der Waals surface area contributed by atoms with Crippen LogP contribution in [0.3, 0.4) is 0 Å². The first-order chi connectivity index (χ1) is 15.9. The summed E-state index contributed by atoms with van der Waals surface area (Å²) in [6.45, 7) is 0. The first-order valence-corrected chi connectivity index (χ1v) is 14.8. The third-order valence-electron chi connectivity index (χ3n) is 6.60. The molecule has 4 aromatic rings. The van der Waals surface area contributed by atoms with Gasteiger partial charge in [-0.1, -0.05) is 129 Å². The molecule has 0 unspecified atom stereocenters. The molecule has 1 heterocycles. The first-order valence-electron chi connectivity index (χ1n) is 11.6. The summed E-state index contributed by atoms with van der Waals surface area (Å²) < 4.78 is 0. The molecule has 0 aromatic heterocycles. The van der Waals surface area contributed by atoms with E-state index in [0.29, 0.717) is 0 Å². The van der Waals surface area contributed by atoms with Crippen LogP contribution in [0.25, 0.3) is 0 Å². The van der Waals surface area contributed by atoms with Gasteiger partial charge in [-0.25, -0.2) is 0 Å². The zero-order valence-corrected chi connectivity index (χ0v) is 20.2. The molecule has 0 nitrogen and oxygen atoms in total. The SMILES string of the molecule is c1ccc([C@@H]2CC[C@@H](c3ccccc3)P2CCP(c2ccccc2)c2ccccc2)cc1. The summed E-state index contributed by atoms with van der Waals surface area (Å²) in [4.78, 5) is 0. The third kappa shape index (κ3) is 4.88. The van der Waals surface area contributed by atoms with Crippen LogP contribution < -0.4 is 10.6 Å². The van der Waals surface area contributed by atoms with E-state index in [2.05, 4.69) is 121 Å². The summed E-state index contributed by atoms with van der Waals surface area (Å²) in [5, 5.41) is 3.02. The average Bonchev–Trinajstić information content (AvgIpc) is 3.30. The number of benzene rings is 4. The Morgan fingerprint density at radius 3 is 1.31 bits per heavy atom. The van der Waals surface area contributed by atoms with Gasteiger partial charge in [0.05, 0.1) is 0 Å². The van der Waals surface area contributed by atoms with Gasteiger partial charge in [0.2, 0.25) is 0 Å². The second-order valence-electron chi connectivity index (χ2n) is 8.49. The molecule has 0 aliphatic carbocycles. The molecule has 0 N–H and O–H groups in total. The Bertz CT molecular complexity index is 994. The van der Waals surface area contributed by atoms with E-state index < -0.39 is 0 Å². The molecule has 1 fully saturated rings. The van der Waals surface area contributed by atoms with Crippen molar-refractivity contribution in [2.24, 2.45) is 0 Å². The van der Waals surface area contributed by atoms with Crippen molar-refractivity contribution in [1.82, 2.24) is 0 Å². The lowest BCUT2D eigenvalue weighted by Crippen LogP contribution is -2.15. The van der Waals surface area contributed by atoms with Crippen molar-refractivity contribution in [3.63, 3.8) is 0 Å². The van der Waals surface area contributed by atoms with Gasteiger partial charge in [0.1, 0.15) is 0 Å². The van der Waals surface area contributed by atoms with Gasteiger partial charge in [0.15, 0.2) is 0 Å². The average molecular weight is 453 g/mol. The summed E-state index contributed by atoms with van der Waals surface area (Å²) in [6.07, 6.45) is 5.26. The monoisotopic (exact) mass is 452 g/mol. The van der Waals surface area contributed by atoms with Crippen LogP contribution in [0.2, 0.25) is 0 Å². The minimum absolute atomic E-state index is 0.122. The highest BCUT2D eigenvalue weighted by Crippen LogP contribution is 2.70. The first kappa shape index (κ1) is 21.6. The molecule has 2 atom stereocenters. The van der Waals surface area contributed by atoms with Crippen molar-refractivity contribution < 1.29 is 0 Å². The lowest BCUT2D eigenvalue weighted by Gasteiger charge is -2.29. The quantitative estimate of drug-likeness (QED) is 0.250. The van der Waals surface area contributed by atoms with Crippen LogP contribution >= 0.6 is 15.8 Å². The molecule has 5 rings (SSSR count). The number of hydrogen-bond donors (Lipinski definition) is 0. The Morgan fingerprint density at radius 1 is 0.531 bits per heavy atom. The van der Waals surface area contributed by atoms with E-state index in [1.165, 1.54) is 35.8 Å². The van der Waals surface area contributed by atoms with Crippen LogP contribution in [0.1, 0.15) is 35.3 Å². The van der Waals surface area contributed by atoms with Crippen LogP contribution in [-0.4, -0.2) is 12.3 Å². The van der Waals surface area contributed by atoms with Crippen LogP contribution in [0.15, 0.2) is 121 Å². The maximum Gasteiger partial charge on any atom is 0.00477 e. The van der Waals surface area contributed by atoms with Crippen LogP contribution in [0.5, 0.6) is 0 Å². The van der Waals surface area contributed by atoms with Crippen molar-refractivity contribution in [2.45, 2.75) is 24.2 Å². The van der Waals surface area contributed by atoms with E-state index in [0.717, 1.165) is 11.3 Å². The molecule has 32 heavy (non-hydrogen) atoms. The zero-order valence-electron chi connectivity index (χ0n) is 18.4. The molecule has 0 saturated carbocycles. The van der Waals surface area contributed by atoms with Crippen LogP contribution in [0, 0.1) is 0 Å². The highest BCUT2D eigenvalue weighted by atomic mass is 31.1. The van der Waals surface area contributed by atoms with Crippen LogP contribution in [0.4, 0.5) is 0 Å². The largest absolute Gasteiger partial charge is 0.0910 e. The fourth-order valence-corrected chi connectivity index (χ4v) is 11.8. The fraction of sp³-hybridized carbons (Fsp3) is 0.200. The van der Waals surface area contributed by atoms with Crippen molar-refractivity contribution in [2.75, 3.05) is 12.3 Å². The van der Waals surface area contributed by atoms with Gasteiger partial charge in [-0.3, -0.25) is 0 Å². The van der Waals surface area contributed by atoms with E-state index in [1.807, 2.05) is 0 Å². The lowest BCUT2D eigenvalue weighted by molar-refractivity contribution is 0.765. The molecule has 1 aliphatic rings. The van der Waals surface area contributed by atoms with E-state index >= 15 is 0 Å². The predicted octanol–water partition coefficient (Wildman–Crippen LogP) is 7.88. The molecule has 4 aromatic carbocycles. The molecule has 0 spiro atoms. The Morgan fingerprint density at radius 2 is 0.906 bits per heavy atom. The Kier molecular flexibility index (Phi) is 7.13. The molecule has 2 heteroatoms. The highest BCUT2D eigenvalue weighted by molar-refractivity contribution is 7.73. The van der Waals surface area contributed by atoms with E-state index in [4.69, 9.17) is 0 Å². The van der Waals surface area contributed by atoms with Crippen molar-refractivity contribution in [3.05, 3.63) is 132 Å². The van der Waals surface area contributed by atoms with E-state index in [9.17, 15) is 0 Å². The van der Waals surface area contributed by atoms with Crippen LogP contribution in [-0.2, 0) is 0 Å². The van der Waals surface area contributed by atoms with Gasteiger partial charge in [-0.15, -0.1) is 0 Å². The second-order valence-corrected chi connectivity index (χ2v) is 13.5. The van der Waals surface area contributed by atoms with Gasteiger partial charge in [-0.2, -0.15) is 0 Å². The predicted molar refractivity (Wildman–Crippen MR) is 143 cm³/mol. The highest BCUT2D eigenvalue weighted by Gasteiger charge is 2.37. The van der Waals surface area contributed by atoms with Gasteiger partial charge < -0.3 is 0 Å². The van der Waals surface area contributed by atoms with Crippen molar-refractivity contribution >= 4 is 26.5 Å². The number of rotatable bonds is 7. The summed E-state index contributed by atoms with van der Waals surface area (Å²) in [6, 6.07) is 45.1. The van der Waals surface area contributed by atoms with E-state index in [-0.39, 0.29) is 15.8 Å². The van der Waals surface area contributed by atoms with Crippen molar-refractivity contribution in [3.8, 4) is 0 Å². The third-order valence-corrected chi connectivity index (χ3v) is 12.9. The Labute approximate surface area is 195 Å². The van der Waals surface area contributed by atoms with Gasteiger partial charge in [0.25, 0.3) is 0 Å². The fourth-order valence-electron chi connectivity index (χ4n) is 5.08. The number of hydrogen-bond acceptors (Lipinski definition) is 0. The van der Waals surface area contributed by atoms with Gasteiger partial charge in [-0.05, 0) is 54.8 Å². The molecule has 0 amide bonds. The summed E-state index contributed by atoms with van der Waals surface area (Å²) >= 11 is 0. The maximum absolute atomic E-state index is 2.37. The maximum atomic E-state index is 2.37. The normalized spacial score (nSPS) is 18.8. The standard InChI is InChI=1S/C30H30P2/c1-5-13-25(14-6-1)29-21-22-30(26-15-7-2-8-16-26)32(29)24-23-31(27-17-9-3-10-18-27)28-19-11-4-12-20-28/h1-20,29-30H,21-24H2/t29-,30-/m0/s1. The molecule has 1 aliphatic heterocycles. The van der Waals surface area contributed by atoms with Crippen molar-refractivity contribution in [1.29, 1.82) is 0 Å². The minimum Gasteiger partial charge on any atom is -0.0910 e. The Hall–Kier alpha value is -2.26. The molecule has 0 radical (unpaired) electrons. The minimum atomic E-state index is -0.327. The van der Waals surface area contributed by atoms with Gasteiger partial charge >= 0.3 is 0 Å². The Balaban J connectivity index is 1.45. The molecular weight excluding hydrogens is 422 g/mol. The zero-order chi connectivity index (χ0) is 21.6.